The summed E-state index contributed by atoms with van der Waals surface area (Å²) in [6, 6.07) is 5.45. The van der Waals surface area contributed by atoms with E-state index in [2.05, 4.69) is 23.6 Å². The fraction of sp³-hybridized carbons (Fsp3) is 0.579. The molecule has 2 aromatic rings. The van der Waals surface area contributed by atoms with E-state index in [0.717, 1.165) is 23.1 Å². The van der Waals surface area contributed by atoms with E-state index in [1.165, 1.54) is 11.3 Å². The lowest BCUT2D eigenvalue weighted by Gasteiger charge is -2.41. The van der Waals surface area contributed by atoms with Crippen LogP contribution in [-0.4, -0.2) is 32.0 Å². The first-order valence-corrected chi connectivity index (χ1v) is 11.6. The van der Waals surface area contributed by atoms with Gasteiger partial charge >= 0.3 is 0 Å². The standard InChI is InChI=1S/C19H24N2O4S2/c1-19(2)12-5-4-11(17(19)15(22)8-12)10-27(23,24)21-18-20-14-7-6-13(25-3)9-16(14)26-18/h6-7,9,11-12,17H,4-5,8,10H2,1-3H3,(H,20,21). The molecule has 2 aliphatic carbocycles. The van der Waals surface area contributed by atoms with Crippen molar-refractivity contribution in [2.24, 2.45) is 23.2 Å². The van der Waals surface area contributed by atoms with Gasteiger partial charge in [0.25, 0.3) is 0 Å². The average molecular weight is 409 g/mol. The number of methoxy groups -OCH3 is 1. The Hall–Kier alpha value is -1.67. The first-order valence-electron chi connectivity index (χ1n) is 9.17. The van der Waals surface area contributed by atoms with Gasteiger partial charge in [-0.3, -0.25) is 9.52 Å². The van der Waals surface area contributed by atoms with Crippen molar-refractivity contribution < 1.29 is 17.9 Å². The van der Waals surface area contributed by atoms with Gasteiger partial charge in [-0.05, 0) is 48.3 Å². The molecule has 3 unspecified atom stereocenters. The van der Waals surface area contributed by atoms with Crippen molar-refractivity contribution in [2.75, 3.05) is 17.6 Å². The van der Waals surface area contributed by atoms with Gasteiger partial charge in [-0.2, -0.15) is 0 Å². The molecule has 0 amide bonds. The Bertz CT molecular complexity index is 996. The number of hydrogen-bond donors (Lipinski definition) is 1. The minimum atomic E-state index is -3.58. The first-order chi connectivity index (χ1) is 12.7. The number of carbonyl (C=O) groups is 1. The van der Waals surface area contributed by atoms with Crippen LogP contribution in [0.4, 0.5) is 5.13 Å². The summed E-state index contributed by atoms with van der Waals surface area (Å²) in [5.74, 6) is 1.01. The Morgan fingerprint density at radius 2 is 2.11 bits per heavy atom. The molecule has 1 N–H and O–H groups in total. The number of anilines is 1. The Kier molecular flexibility index (Phi) is 4.46. The third-order valence-electron chi connectivity index (χ3n) is 6.28. The summed E-state index contributed by atoms with van der Waals surface area (Å²) in [6.45, 7) is 4.22. The summed E-state index contributed by atoms with van der Waals surface area (Å²) in [5, 5.41) is 0.351. The molecule has 6 nitrogen and oxygen atoms in total. The van der Waals surface area contributed by atoms with Crippen LogP contribution in [-0.2, 0) is 14.8 Å². The number of aromatic nitrogens is 1. The van der Waals surface area contributed by atoms with Gasteiger partial charge in [0.05, 0.1) is 23.1 Å². The SMILES string of the molecule is COc1ccc2nc(NS(=O)(=O)CC3CCC4CC(=O)C3C4(C)C)sc2c1. The Labute approximate surface area is 163 Å². The molecule has 4 rings (SSSR count). The van der Waals surface area contributed by atoms with Crippen LogP contribution in [0.25, 0.3) is 10.2 Å². The van der Waals surface area contributed by atoms with Crippen LogP contribution < -0.4 is 9.46 Å². The van der Waals surface area contributed by atoms with Gasteiger partial charge in [-0.1, -0.05) is 25.2 Å². The number of nitrogens with one attached hydrogen (secondary N) is 1. The average Bonchev–Trinajstić information content (AvgIpc) is 3.00. The number of hydrogen-bond acceptors (Lipinski definition) is 6. The number of sulfonamides is 1. The zero-order valence-corrected chi connectivity index (χ0v) is 17.3. The highest BCUT2D eigenvalue weighted by Crippen LogP contribution is 2.55. The molecule has 146 valence electrons. The van der Waals surface area contributed by atoms with Crippen LogP contribution in [0.3, 0.4) is 0 Å². The quantitative estimate of drug-likeness (QED) is 0.815. The minimum absolute atomic E-state index is 0.0290. The number of thiazole rings is 1. The fourth-order valence-corrected chi connectivity index (χ4v) is 7.55. The van der Waals surface area contributed by atoms with E-state index >= 15 is 0 Å². The molecule has 1 aromatic heterocycles. The largest absolute Gasteiger partial charge is 0.497 e. The molecule has 1 aromatic carbocycles. The number of Topliss-reactive ketones (excluding diaryl/α,β-unsaturated/α-hetero) is 1. The van der Waals surface area contributed by atoms with Gasteiger partial charge in [0.2, 0.25) is 10.0 Å². The van der Waals surface area contributed by atoms with E-state index in [9.17, 15) is 13.2 Å². The topological polar surface area (TPSA) is 85.4 Å². The van der Waals surface area contributed by atoms with Gasteiger partial charge in [0, 0.05) is 12.3 Å². The second-order valence-electron chi connectivity index (χ2n) is 8.24. The van der Waals surface area contributed by atoms with Gasteiger partial charge in [-0.15, -0.1) is 0 Å². The zero-order valence-electron chi connectivity index (χ0n) is 15.7. The number of benzene rings is 1. The van der Waals surface area contributed by atoms with Crippen molar-refractivity contribution in [3.05, 3.63) is 18.2 Å². The molecule has 27 heavy (non-hydrogen) atoms. The zero-order chi connectivity index (χ0) is 19.4. The molecule has 3 atom stereocenters. The highest BCUT2D eigenvalue weighted by Gasteiger charge is 2.55. The molecule has 2 saturated carbocycles. The number of fused-ring (bicyclic) bond motifs is 3. The molecule has 2 bridgehead atoms. The second kappa shape index (κ2) is 6.44. The van der Waals surface area contributed by atoms with Crippen LogP contribution in [0, 0.1) is 23.2 Å². The van der Waals surface area contributed by atoms with Crippen LogP contribution in [0.5, 0.6) is 5.75 Å². The van der Waals surface area contributed by atoms with E-state index < -0.39 is 10.0 Å². The van der Waals surface area contributed by atoms with Crippen LogP contribution in [0.15, 0.2) is 18.2 Å². The van der Waals surface area contributed by atoms with Gasteiger partial charge in [-0.25, -0.2) is 13.4 Å². The lowest BCUT2D eigenvalue weighted by atomic mass is 9.64. The van der Waals surface area contributed by atoms with Crippen molar-refractivity contribution >= 4 is 42.5 Å². The highest BCUT2D eigenvalue weighted by atomic mass is 32.2. The summed E-state index contributed by atoms with van der Waals surface area (Å²) in [6.07, 6.45) is 2.32. The maximum atomic E-state index is 12.8. The molecular weight excluding hydrogens is 384 g/mol. The first kappa shape index (κ1) is 18.7. The lowest BCUT2D eigenvalue weighted by molar-refractivity contribution is -0.123. The number of rotatable bonds is 5. The van der Waals surface area contributed by atoms with Crippen molar-refractivity contribution in [3.63, 3.8) is 0 Å². The third kappa shape index (κ3) is 3.33. The molecule has 0 saturated heterocycles. The van der Waals surface area contributed by atoms with Crippen LogP contribution in [0.1, 0.15) is 33.1 Å². The van der Waals surface area contributed by atoms with E-state index in [1.54, 1.807) is 13.2 Å². The van der Waals surface area contributed by atoms with Gasteiger partial charge < -0.3 is 4.74 Å². The summed E-state index contributed by atoms with van der Waals surface area (Å²) < 4.78 is 34.2. The predicted octanol–water partition coefficient (Wildman–Crippen LogP) is 3.69. The van der Waals surface area contributed by atoms with E-state index in [4.69, 9.17) is 4.74 Å². The second-order valence-corrected chi connectivity index (χ2v) is 11.0. The number of ether oxygens (including phenoxy) is 1. The van der Waals surface area contributed by atoms with Crippen molar-refractivity contribution in [1.82, 2.24) is 4.98 Å². The molecule has 0 aliphatic heterocycles. The summed E-state index contributed by atoms with van der Waals surface area (Å²) >= 11 is 1.28. The van der Waals surface area contributed by atoms with Crippen molar-refractivity contribution in [1.29, 1.82) is 0 Å². The Morgan fingerprint density at radius 1 is 1.33 bits per heavy atom. The predicted molar refractivity (Wildman–Crippen MR) is 107 cm³/mol. The van der Waals surface area contributed by atoms with Gasteiger partial charge in [0.1, 0.15) is 11.5 Å². The molecule has 8 heteroatoms. The molecule has 2 fully saturated rings. The molecule has 0 spiro atoms. The molecule has 0 radical (unpaired) electrons. The Morgan fingerprint density at radius 3 is 2.85 bits per heavy atom. The molecule has 1 heterocycles. The van der Waals surface area contributed by atoms with Crippen LogP contribution >= 0.6 is 11.3 Å². The van der Waals surface area contributed by atoms with Gasteiger partial charge in [0.15, 0.2) is 5.13 Å². The monoisotopic (exact) mass is 408 g/mol. The summed E-state index contributed by atoms with van der Waals surface area (Å²) in [4.78, 5) is 16.8. The number of carbonyl (C=O) groups excluding carboxylic acids is 1. The highest BCUT2D eigenvalue weighted by molar-refractivity contribution is 7.92. The maximum absolute atomic E-state index is 12.8. The van der Waals surface area contributed by atoms with E-state index in [0.29, 0.717) is 23.2 Å². The van der Waals surface area contributed by atoms with E-state index in [-0.39, 0.29) is 28.8 Å². The fourth-order valence-electron chi connectivity index (χ4n) is 4.94. The Balaban J connectivity index is 1.53. The van der Waals surface area contributed by atoms with Crippen molar-refractivity contribution in [2.45, 2.75) is 33.1 Å². The number of nitrogens with zero attached hydrogens (tertiary/aromatic N) is 1. The smallest absolute Gasteiger partial charge is 0.234 e. The minimum Gasteiger partial charge on any atom is -0.497 e. The summed E-state index contributed by atoms with van der Waals surface area (Å²) in [5.41, 5.74) is 0.619. The maximum Gasteiger partial charge on any atom is 0.234 e. The lowest BCUT2D eigenvalue weighted by Crippen LogP contribution is -2.41. The van der Waals surface area contributed by atoms with Crippen LogP contribution in [0.2, 0.25) is 0 Å². The molecule has 2 aliphatic rings. The molecular formula is C19H24N2O4S2. The normalized spacial score (nSPS) is 27.1. The van der Waals surface area contributed by atoms with E-state index in [1.807, 2.05) is 12.1 Å². The number of ketones is 1. The third-order valence-corrected chi connectivity index (χ3v) is 8.71. The van der Waals surface area contributed by atoms with Crippen molar-refractivity contribution in [3.8, 4) is 5.75 Å². The summed E-state index contributed by atoms with van der Waals surface area (Å²) in [7, 11) is -1.99.